The summed E-state index contributed by atoms with van der Waals surface area (Å²) in [6.45, 7) is 6.05. The Morgan fingerprint density at radius 1 is 1.48 bits per heavy atom. The first kappa shape index (κ1) is 17.4. The van der Waals surface area contributed by atoms with Gasteiger partial charge in [-0.05, 0) is 20.8 Å². The first-order valence-corrected chi connectivity index (χ1v) is 6.79. The molecule has 0 aromatic carbocycles. The summed E-state index contributed by atoms with van der Waals surface area (Å²) >= 11 is 0. The van der Waals surface area contributed by atoms with Crippen LogP contribution in [0.25, 0.3) is 0 Å². The third-order valence-electron chi connectivity index (χ3n) is 3.01. The second-order valence-electron chi connectivity index (χ2n) is 5.85. The second kappa shape index (κ2) is 7.36. The minimum Gasteiger partial charge on any atom is -0.444 e. The molecule has 5 nitrogen and oxygen atoms in total. The van der Waals surface area contributed by atoms with Crippen LogP contribution in [0.4, 0.5) is 13.6 Å². The smallest absolute Gasteiger partial charge is 0.410 e. The zero-order valence-electron chi connectivity index (χ0n) is 12.6. The molecule has 0 aliphatic carbocycles. The van der Waals surface area contributed by atoms with E-state index >= 15 is 0 Å². The molecule has 7 heteroatoms. The first-order valence-electron chi connectivity index (χ1n) is 6.79. The fraction of sp³-hybridized carbons (Fsp3) is 0.714. The zero-order valence-corrected chi connectivity index (χ0v) is 12.6. The van der Waals surface area contributed by atoms with Gasteiger partial charge < -0.3 is 9.64 Å². The predicted molar refractivity (Wildman–Crippen MR) is 73.9 cm³/mol. The summed E-state index contributed by atoms with van der Waals surface area (Å²) in [5.41, 5.74) is -0.649. The highest BCUT2D eigenvalue weighted by Gasteiger charge is 2.36. The largest absolute Gasteiger partial charge is 0.444 e. The number of rotatable bonds is 3. The number of nitrogens with zero attached hydrogens (tertiary/aromatic N) is 3. The number of hydrogen-bond acceptors (Lipinski definition) is 4. The van der Waals surface area contributed by atoms with Gasteiger partial charge in [0.2, 0.25) is 0 Å². The highest BCUT2D eigenvalue weighted by atomic mass is 19.3. The average Bonchev–Trinajstić information content (AvgIpc) is 2.37. The van der Waals surface area contributed by atoms with Crippen molar-refractivity contribution in [1.82, 2.24) is 9.80 Å². The van der Waals surface area contributed by atoms with Crippen molar-refractivity contribution in [3.8, 4) is 6.07 Å². The Labute approximate surface area is 123 Å². The van der Waals surface area contributed by atoms with Crippen molar-refractivity contribution in [3.63, 3.8) is 0 Å². The monoisotopic (exact) mass is 301 g/mol. The molecule has 1 unspecified atom stereocenters. The Kier molecular flexibility index (Phi) is 6.09. The van der Waals surface area contributed by atoms with Crippen LogP contribution in [0.5, 0.6) is 0 Å². The minimum atomic E-state index is -2.56. The molecule has 21 heavy (non-hydrogen) atoms. The standard InChI is InChI=1S/C14H21F2N3O2/c1-14(2,3)21-13(20)19-9-8-18(7-5-4-6-17)11(10-19)12(15)16/h4-5,11-12H,7-10H2,1-3H3/b5-4+. The maximum absolute atomic E-state index is 13.1. The van der Waals surface area contributed by atoms with Crippen molar-refractivity contribution in [1.29, 1.82) is 5.26 Å². The quantitative estimate of drug-likeness (QED) is 0.750. The molecule has 1 aliphatic heterocycles. The zero-order chi connectivity index (χ0) is 16.0. The second-order valence-corrected chi connectivity index (χ2v) is 5.85. The van der Waals surface area contributed by atoms with E-state index in [1.807, 2.05) is 6.07 Å². The Hall–Kier alpha value is -1.68. The lowest BCUT2D eigenvalue weighted by Gasteiger charge is -2.40. The molecule has 0 aromatic heterocycles. The fourth-order valence-corrected chi connectivity index (χ4v) is 2.05. The van der Waals surface area contributed by atoms with Gasteiger partial charge in [-0.3, -0.25) is 4.90 Å². The third-order valence-corrected chi connectivity index (χ3v) is 3.01. The maximum atomic E-state index is 13.1. The molecule has 0 radical (unpaired) electrons. The molecule has 1 amide bonds. The van der Waals surface area contributed by atoms with Crippen LogP contribution in [0.15, 0.2) is 12.2 Å². The lowest BCUT2D eigenvalue weighted by molar-refractivity contribution is -0.0315. The number of alkyl halides is 2. The fourth-order valence-electron chi connectivity index (χ4n) is 2.05. The topological polar surface area (TPSA) is 56.6 Å². The normalized spacial score (nSPS) is 20.8. The molecular formula is C14H21F2N3O2. The number of carbonyl (C=O) groups excluding carboxylic acids is 1. The van der Waals surface area contributed by atoms with Crippen molar-refractivity contribution >= 4 is 6.09 Å². The van der Waals surface area contributed by atoms with Gasteiger partial charge in [0.1, 0.15) is 5.60 Å². The van der Waals surface area contributed by atoms with Crippen LogP contribution in [-0.4, -0.2) is 60.1 Å². The lowest BCUT2D eigenvalue weighted by Crippen LogP contribution is -2.57. The van der Waals surface area contributed by atoms with E-state index in [-0.39, 0.29) is 13.1 Å². The van der Waals surface area contributed by atoms with Crippen LogP contribution in [0.1, 0.15) is 20.8 Å². The van der Waals surface area contributed by atoms with Gasteiger partial charge in [-0.25, -0.2) is 13.6 Å². The van der Waals surface area contributed by atoms with E-state index in [2.05, 4.69) is 0 Å². The number of carbonyl (C=O) groups is 1. The average molecular weight is 301 g/mol. The Morgan fingerprint density at radius 2 is 2.14 bits per heavy atom. The minimum absolute atomic E-state index is 0.0764. The highest BCUT2D eigenvalue weighted by molar-refractivity contribution is 5.68. The maximum Gasteiger partial charge on any atom is 0.410 e. The van der Waals surface area contributed by atoms with Gasteiger partial charge in [0, 0.05) is 32.3 Å². The van der Waals surface area contributed by atoms with Gasteiger partial charge in [-0.1, -0.05) is 6.08 Å². The van der Waals surface area contributed by atoms with E-state index in [1.165, 1.54) is 11.0 Å². The molecular weight excluding hydrogens is 280 g/mol. The van der Waals surface area contributed by atoms with E-state index in [1.54, 1.807) is 31.7 Å². The Morgan fingerprint density at radius 3 is 2.67 bits per heavy atom. The van der Waals surface area contributed by atoms with Crippen molar-refractivity contribution in [2.24, 2.45) is 0 Å². The molecule has 118 valence electrons. The molecule has 0 bridgehead atoms. The summed E-state index contributed by atoms with van der Waals surface area (Å²) < 4.78 is 31.5. The summed E-state index contributed by atoms with van der Waals surface area (Å²) in [5, 5.41) is 8.42. The van der Waals surface area contributed by atoms with Crippen molar-refractivity contribution < 1.29 is 18.3 Å². The number of halogens is 2. The number of hydrogen-bond donors (Lipinski definition) is 0. The number of ether oxygens (including phenoxy) is 1. The molecule has 0 spiro atoms. The highest BCUT2D eigenvalue weighted by Crippen LogP contribution is 2.19. The summed E-state index contributed by atoms with van der Waals surface area (Å²) in [4.78, 5) is 14.8. The van der Waals surface area contributed by atoms with Gasteiger partial charge in [-0.15, -0.1) is 0 Å². The van der Waals surface area contributed by atoms with Crippen molar-refractivity contribution in [2.45, 2.75) is 38.8 Å². The summed E-state index contributed by atoms with van der Waals surface area (Å²) in [7, 11) is 0. The van der Waals surface area contributed by atoms with Crippen molar-refractivity contribution in [2.75, 3.05) is 26.2 Å². The Bertz CT molecular complexity index is 427. The molecule has 1 saturated heterocycles. The molecule has 0 saturated carbocycles. The van der Waals surface area contributed by atoms with Crippen LogP contribution in [0, 0.1) is 11.3 Å². The van der Waals surface area contributed by atoms with Gasteiger partial charge in [0.15, 0.2) is 0 Å². The first-order chi connectivity index (χ1) is 9.74. The van der Waals surface area contributed by atoms with Crippen LogP contribution < -0.4 is 0 Å². The third kappa shape index (κ3) is 5.68. The van der Waals surface area contributed by atoms with E-state index in [9.17, 15) is 13.6 Å². The van der Waals surface area contributed by atoms with E-state index < -0.39 is 24.2 Å². The summed E-state index contributed by atoms with van der Waals surface area (Å²) in [6.07, 6.45) is -0.326. The van der Waals surface area contributed by atoms with E-state index in [0.29, 0.717) is 13.1 Å². The van der Waals surface area contributed by atoms with Gasteiger partial charge in [-0.2, -0.15) is 5.26 Å². The van der Waals surface area contributed by atoms with Crippen molar-refractivity contribution in [3.05, 3.63) is 12.2 Å². The molecule has 0 N–H and O–H groups in total. The molecule has 1 rings (SSSR count). The number of amides is 1. The van der Waals surface area contributed by atoms with Gasteiger partial charge in [0.25, 0.3) is 6.43 Å². The van der Waals surface area contributed by atoms with Gasteiger partial charge >= 0.3 is 6.09 Å². The summed E-state index contributed by atoms with van der Waals surface area (Å²) in [5.74, 6) is 0. The number of piperazine rings is 1. The SMILES string of the molecule is CC(C)(C)OC(=O)N1CCN(C/C=C/C#N)C(C(F)F)C1. The molecule has 1 aliphatic rings. The predicted octanol–water partition coefficient (Wildman–Crippen LogP) is 2.25. The molecule has 1 atom stereocenters. The van der Waals surface area contributed by atoms with E-state index in [0.717, 1.165) is 0 Å². The van der Waals surface area contributed by atoms with Crippen LogP contribution >= 0.6 is 0 Å². The lowest BCUT2D eigenvalue weighted by atomic mass is 10.1. The number of nitriles is 1. The number of allylic oxidation sites excluding steroid dienone is 1. The van der Waals surface area contributed by atoms with Crippen LogP contribution in [0.3, 0.4) is 0 Å². The molecule has 1 heterocycles. The molecule has 1 fully saturated rings. The molecule has 0 aromatic rings. The van der Waals surface area contributed by atoms with E-state index in [4.69, 9.17) is 10.00 Å². The Balaban J connectivity index is 2.66. The van der Waals surface area contributed by atoms with Crippen LogP contribution in [-0.2, 0) is 4.74 Å². The van der Waals surface area contributed by atoms with Crippen LogP contribution in [0.2, 0.25) is 0 Å². The van der Waals surface area contributed by atoms with Gasteiger partial charge in [0.05, 0.1) is 12.1 Å². The summed E-state index contributed by atoms with van der Waals surface area (Å²) in [6, 6.07) is 0.778.